The second-order valence-corrected chi connectivity index (χ2v) is 5.60. The van der Waals surface area contributed by atoms with Gasteiger partial charge in [-0.1, -0.05) is 0 Å². The summed E-state index contributed by atoms with van der Waals surface area (Å²) in [5, 5.41) is 0. The molecule has 0 aromatic heterocycles. The van der Waals surface area contributed by atoms with Gasteiger partial charge in [0, 0.05) is 21.6 Å². The van der Waals surface area contributed by atoms with E-state index in [1.165, 1.54) is 3.57 Å². The third-order valence-corrected chi connectivity index (χ3v) is 3.14. The van der Waals surface area contributed by atoms with Crippen LogP contribution in [-0.2, 0) is 0 Å². The highest BCUT2D eigenvalue weighted by Gasteiger charge is 2.31. The maximum absolute atomic E-state index is 6.11. The minimum absolute atomic E-state index is 0.100. The first kappa shape index (κ1) is 10.2. The van der Waals surface area contributed by atoms with E-state index in [1.54, 1.807) is 0 Å². The van der Waals surface area contributed by atoms with Gasteiger partial charge in [0.1, 0.15) is 11.4 Å². The Hall–Kier alpha value is -0.290. The highest BCUT2D eigenvalue weighted by Crippen LogP contribution is 2.38. The zero-order valence-electron chi connectivity index (χ0n) is 8.38. The minimum atomic E-state index is -0.140. The fraction of sp³-hybridized carbons (Fsp3) is 0.455. The average molecular weight is 303 g/mol. The zero-order valence-corrected chi connectivity index (χ0v) is 10.5. The van der Waals surface area contributed by atoms with Crippen molar-refractivity contribution >= 4 is 22.6 Å². The lowest BCUT2D eigenvalue weighted by Gasteiger charge is -2.36. The van der Waals surface area contributed by atoms with Gasteiger partial charge in [0.05, 0.1) is 0 Å². The van der Waals surface area contributed by atoms with Crippen LogP contribution in [0.3, 0.4) is 0 Å². The number of nitrogens with two attached hydrogens (primary N) is 1. The molecule has 14 heavy (non-hydrogen) atoms. The van der Waals surface area contributed by atoms with E-state index in [4.69, 9.17) is 10.5 Å². The predicted octanol–water partition coefficient (Wildman–Crippen LogP) is 2.85. The van der Waals surface area contributed by atoms with E-state index < -0.39 is 0 Å². The molecule has 1 aliphatic rings. The minimum Gasteiger partial charge on any atom is -0.487 e. The summed E-state index contributed by atoms with van der Waals surface area (Å²) in [4.78, 5) is 0. The predicted molar refractivity (Wildman–Crippen MR) is 65.4 cm³/mol. The fourth-order valence-electron chi connectivity index (χ4n) is 1.88. The molecule has 0 amide bonds. The molecule has 1 heterocycles. The van der Waals surface area contributed by atoms with E-state index in [0.29, 0.717) is 0 Å². The third-order valence-electron chi connectivity index (χ3n) is 2.47. The molecule has 0 radical (unpaired) electrons. The lowest BCUT2D eigenvalue weighted by atomic mass is 9.90. The second kappa shape index (κ2) is 3.38. The van der Waals surface area contributed by atoms with Gasteiger partial charge in [-0.15, -0.1) is 0 Å². The van der Waals surface area contributed by atoms with Crippen molar-refractivity contribution in [1.29, 1.82) is 0 Å². The average Bonchev–Trinajstić information content (AvgIpc) is 2.05. The summed E-state index contributed by atoms with van der Waals surface area (Å²) in [5.41, 5.74) is 7.10. The Kier molecular flexibility index (Phi) is 2.47. The van der Waals surface area contributed by atoms with Crippen LogP contribution in [0.5, 0.6) is 5.75 Å². The summed E-state index contributed by atoms with van der Waals surface area (Å²) in [5.74, 6) is 0.939. The number of hydrogen-bond acceptors (Lipinski definition) is 2. The number of rotatable bonds is 0. The summed E-state index contributed by atoms with van der Waals surface area (Å²) in [6.45, 7) is 4.15. The monoisotopic (exact) mass is 303 g/mol. The molecule has 0 aliphatic carbocycles. The van der Waals surface area contributed by atoms with Crippen molar-refractivity contribution in [2.75, 3.05) is 0 Å². The van der Waals surface area contributed by atoms with Crippen molar-refractivity contribution in [2.24, 2.45) is 5.73 Å². The maximum atomic E-state index is 6.11. The Labute approximate surface area is 98.0 Å². The van der Waals surface area contributed by atoms with Gasteiger partial charge in [-0.25, -0.2) is 0 Å². The Morgan fingerprint density at radius 2 is 2.21 bits per heavy atom. The largest absolute Gasteiger partial charge is 0.487 e. The van der Waals surface area contributed by atoms with Gasteiger partial charge in [-0.3, -0.25) is 0 Å². The van der Waals surface area contributed by atoms with Crippen LogP contribution >= 0.6 is 22.6 Å². The first-order chi connectivity index (χ1) is 6.48. The van der Waals surface area contributed by atoms with Crippen molar-refractivity contribution in [2.45, 2.75) is 31.9 Å². The van der Waals surface area contributed by atoms with Crippen LogP contribution in [0.2, 0.25) is 0 Å². The quantitative estimate of drug-likeness (QED) is 0.748. The summed E-state index contributed by atoms with van der Waals surface area (Å²) >= 11 is 2.29. The summed E-state index contributed by atoms with van der Waals surface area (Å²) in [7, 11) is 0. The Balaban J connectivity index is 2.45. The molecule has 1 atom stereocenters. The van der Waals surface area contributed by atoms with Crippen LogP contribution in [0.4, 0.5) is 0 Å². The smallest absolute Gasteiger partial charge is 0.124 e. The van der Waals surface area contributed by atoms with E-state index >= 15 is 0 Å². The molecule has 0 spiro atoms. The van der Waals surface area contributed by atoms with Crippen LogP contribution in [0.15, 0.2) is 18.2 Å². The molecular weight excluding hydrogens is 289 g/mol. The third kappa shape index (κ3) is 1.88. The van der Waals surface area contributed by atoms with Crippen LogP contribution in [0.25, 0.3) is 0 Å². The van der Waals surface area contributed by atoms with Crippen LogP contribution < -0.4 is 10.5 Å². The van der Waals surface area contributed by atoms with E-state index in [0.717, 1.165) is 17.7 Å². The molecule has 0 fully saturated rings. The van der Waals surface area contributed by atoms with E-state index in [-0.39, 0.29) is 11.6 Å². The molecule has 76 valence electrons. The normalized spacial score (nSPS) is 23.9. The van der Waals surface area contributed by atoms with Crippen LogP contribution in [0, 0.1) is 3.57 Å². The molecule has 0 saturated carbocycles. The lowest BCUT2D eigenvalue weighted by Crippen LogP contribution is -2.37. The summed E-state index contributed by atoms with van der Waals surface area (Å²) < 4.78 is 7.07. The van der Waals surface area contributed by atoms with E-state index in [1.807, 2.05) is 12.1 Å². The number of ether oxygens (including phenoxy) is 1. The number of fused-ring (bicyclic) bond motifs is 1. The van der Waals surface area contributed by atoms with Gasteiger partial charge in [0.2, 0.25) is 0 Å². The maximum Gasteiger partial charge on any atom is 0.124 e. The summed E-state index contributed by atoms with van der Waals surface area (Å²) in [6.07, 6.45) is 0.875. The van der Waals surface area contributed by atoms with Gasteiger partial charge < -0.3 is 10.5 Å². The molecule has 2 nitrogen and oxygen atoms in total. The number of benzene rings is 1. The first-order valence-electron chi connectivity index (χ1n) is 4.72. The number of halogens is 1. The standard InChI is InChI=1S/C11H14INO/c1-11(2)6-9(13)8-5-7(12)3-4-10(8)14-11/h3-5,9H,6,13H2,1-2H3/t9-/m0/s1. The molecule has 0 unspecified atom stereocenters. The SMILES string of the molecule is CC1(C)C[C@H](N)c2cc(I)ccc2O1. The van der Waals surface area contributed by atoms with Crippen LogP contribution in [-0.4, -0.2) is 5.60 Å². The number of hydrogen-bond donors (Lipinski definition) is 1. The van der Waals surface area contributed by atoms with Gasteiger partial charge >= 0.3 is 0 Å². The molecule has 1 aromatic rings. The van der Waals surface area contributed by atoms with Gasteiger partial charge in [-0.05, 0) is 54.6 Å². The van der Waals surface area contributed by atoms with Crippen molar-refractivity contribution in [3.8, 4) is 5.75 Å². The van der Waals surface area contributed by atoms with Crippen LogP contribution in [0.1, 0.15) is 31.9 Å². The molecule has 2 rings (SSSR count). The summed E-state index contributed by atoms with van der Waals surface area (Å²) in [6, 6.07) is 6.27. The van der Waals surface area contributed by atoms with Crippen molar-refractivity contribution in [3.05, 3.63) is 27.3 Å². The topological polar surface area (TPSA) is 35.2 Å². The molecule has 0 saturated heterocycles. The van der Waals surface area contributed by atoms with Gasteiger partial charge in [-0.2, -0.15) is 0 Å². The van der Waals surface area contributed by atoms with E-state index in [9.17, 15) is 0 Å². The Morgan fingerprint density at radius 1 is 1.50 bits per heavy atom. The van der Waals surface area contributed by atoms with Crippen molar-refractivity contribution in [1.82, 2.24) is 0 Å². The Morgan fingerprint density at radius 3 is 2.93 bits per heavy atom. The molecule has 1 aromatic carbocycles. The molecule has 1 aliphatic heterocycles. The fourth-order valence-corrected chi connectivity index (χ4v) is 2.40. The molecule has 3 heteroatoms. The van der Waals surface area contributed by atoms with Crippen molar-refractivity contribution < 1.29 is 4.74 Å². The molecular formula is C11H14INO. The highest BCUT2D eigenvalue weighted by atomic mass is 127. The lowest BCUT2D eigenvalue weighted by molar-refractivity contribution is 0.0728. The molecule has 2 N–H and O–H groups in total. The van der Waals surface area contributed by atoms with Crippen molar-refractivity contribution in [3.63, 3.8) is 0 Å². The van der Waals surface area contributed by atoms with Gasteiger partial charge in [0.25, 0.3) is 0 Å². The first-order valence-corrected chi connectivity index (χ1v) is 5.80. The Bertz CT molecular complexity index is 362. The zero-order chi connectivity index (χ0) is 10.3. The van der Waals surface area contributed by atoms with E-state index in [2.05, 4.69) is 42.5 Å². The molecule has 0 bridgehead atoms. The second-order valence-electron chi connectivity index (χ2n) is 4.35. The highest BCUT2D eigenvalue weighted by molar-refractivity contribution is 14.1. The van der Waals surface area contributed by atoms with Gasteiger partial charge in [0.15, 0.2) is 0 Å².